The van der Waals surface area contributed by atoms with Crippen molar-refractivity contribution >= 4 is 0 Å². The zero-order valence-corrected chi connectivity index (χ0v) is 14.3. The van der Waals surface area contributed by atoms with Gasteiger partial charge >= 0.3 is 0 Å². The average molecular weight is 305 g/mol. The fourth-order valence-electron chi connectivity index (χ4n) is 3.10. The number of aliphatic hydroxyl groups is 1. The number of rotatable bonds is 6. The van der Waals surface area contributed by atoms with Gasteiger partial charge in [-0.1, -0.05) is 38.8 Å². The van der Waals surface area contributed by atoms with Crippen molar-refractivity contribution < 1.29 is 9.84 Å². The first kappa shape index (κ1) is 17.3. The van der Waals surface area contributed by atoms with Crippen molar-refractivity contribution in [2.24, 2.45) is 0 Å². The van der Waals surface area contributed by atoms with Gasteiger partial charge in [-0.2, -0.15) is 0 Å². The molecule has 22 heavy (non-hydrogen) atoms. The van der Waals surface area contributed by atoms with Gasteiger partial charge in [0.25, 0.3) is 0 Å². The van der Waals surface area contributed by atoms with E-state index in [4.69, 9.17) is 4.74 Å². The van der Waals surface area contributed by atoms with E-state index in [1.54, 1.807) is 0 Å². The SMILES string of the molecule is Cc1ccc(C(C)C)c(OCC(O)CN2CCCCCC2)c1. The van der Waals surface area contributed by atoms with Gasteiger partial charge in [0.1, 0.15) is 18.5 Å². The fraction of sp³-hybridized carbons (Fsp3) is 0.684. The Hall–Kier alpha value is -1.06. The number of likely N-dealkylation sites (tertiary alicyclic amines) is 1. The highest BCUT2D eigenvalue weighted by molar-refractivity contribution is 5.39. The summed E-state index contributed by atoms with van der Waals surface area (Å²) < 4.78 is 5.94. The van der Waals surface area contributed by atoms with E-state index in [9.17, 15) is 5.11 Å². The molecule has 1 N–H and O–H groups in total. The Balaban J connectivity index is 1.87. The normalized spacial score (nSPS) is 18.2. The Morgan fingerprint density at radius 3 is 2.45 bits per heavy atom. The Morgan fingerprint density at radius 2 is 1.82 bits per heavy atom. The van der Waals surface area contributed by atoms with Gasteiger partial charge < -0.3 is 14.7 Å². The summed E-state index contributed by atoms with van der Waals surface area (Å²) >= 11 is 0. The van der Waals surface area contributed by atoms with Crippen LogP contribution in [0.2, 0.25) is 0 Å². The Labute approximate surface area is 135 Å². The van der Waals surface area contributed by atoms with E-state index in [-0.39, 0.29) is 0 Å². The number of aliphatic hydroxyl groups excluding tert-OH is 1. The molecular formula is C19H31NO2. The van der Waals surface area contributed by atoms with Crippen LogP contribution in [0.25, 0.3) is 0 Å². The number of nitrogens with zero attached hydrogens (tertiary/aromatic N) is 1. The quantitative estimate of drug-likeness (QED) is 0.869. The summed E-state index contributed by atoms with van der Waals surface area (Å²) in [6.07, 6.45) is 4.74. The van der Waals surface area contributed by atoms with E-state index < -0.39 is 6.10 Å². The van der Waals surface area contributed by atoms with Gasteiger partial charge in [0, 0.05) is 6.54 Å². The zero-order valence-electron chi connectivity index (χ0n) is 14.3. The molecule has 0 saturated carbocycles. The average Bonchev–Trinajstić information content (AvgIpc) is 2.73. The molecule has 0 radical (unpaired) electrons. The third-order valence-corrected chi connectivity index (χ3v) is 4.39. The zero-order chi connectivity index (χ0) is 15.9. The van der Waals surface area contributed by atoms with Crippen LogP contribution in [-0.2, 0) is 0 Å². The monoisotopic (exact) mass is 305 g/mol. The Kier molecular flexibility index (Phi) is 6.71. The van der Waals surface area contributed by atoms with E-state index >= 15 is 0 Å². The highest BCUT2D eigenvalue weighted by Crippen LogP contribution is 2.27. The highest BCUT2D eigenvalue weighted by atomic mass is 16.5. The molecule has 1 aliphatic heterocycles. The summed E-state index contributed by atoms with van der Waals surface area (Å²) in [6, 6.07) is 6.33. The number of benzene rings is 1. The maximum atomic E-state index is 10.3. The number of aryl methyl sites for hydroxylation is 1. The molecule has 2 rings (SSSR count). The van der Waals surface area contributed by atoms with E-state index in [1.165, 1.54) is 36.8 Å². The molecule has 1 heterocycles. The summed E-state index contributed by atoms with van der Waals surface area (Å²) in [5.74, 6) is 1.35. The minimum absolute atomic E-state index is 0.375. The molecule has 0 aliphatic carbocycles. The Morgan fingerprint density at radius 1 is 1.14 bits per heavy atom. The molecule has 1 aliphatic rings. The first-order valence-corrected chi connectivity index (χ1v) is 8.70. The van der Waals surface area contributed by atoms with Crippen molar-refractivity contribution in [1.29, 1.82) is 0 Å². The first-order chi connectivity index (χ1) is 10.6. The van der Waals surface area contributed by atoms with Crippen LogP contribution in [0.15, 0.2) is 18.2 Å². The number of hydrogen-bond donors (Lipinski definition) is 1. The van der Waals surface area contributed by atoms with Gasteiger partial charge in [-0.25, -0.2) is 0 Å². The molecule has 1 fully saturated rings. The molecular weight excluding hydrogens is 274 g/mol. The van der Waals surface area contributed by atoms with Crippen molar-refractivity contribution in [1.82, 2.24) is 4.90 Å². The lowest BCUT2D eigenvalue weighted by molar-refractivity contribution is 0.0689. The van der Waals surface area contributed by atoms with Crippen LogP contribution in [0.4, 0.5) is 0 Å². The van der Waals surface area contributed by atoms with Crippen molar-refractivity contribution in [3.63, 3.8) is 0 Å². The van der Waals surface area contributed by atoms with Gasteiger partial charge in [-0.3, -0.25) is 0 Å². The molecule has 3 nitrogen and oxygen atoms in total. The smallest absolute Gasteiger partial charge is 0.123 e. The van der Waals surface area contributed by atoms with E-state index in [2.05, 4.69) is 43.9 Å². The van der Waals surface area contributed by atoms with Crippen molar-refractivity contribution in [2.45, 2.75) is 58.5 Å². The van der Waals surface area contributed by atoms with Crippen molar-refractivity contribution in [3.8, 4) is 5.75 Å². The number of ether oxygens (including phenoxy) is 1. The topological polar surface area (TPSA) is 32.7 Å². The van der Waals surface area contributed by atoms with Crippen LogP contribution < -0.4 is 4.74 Å². The lowest BCUT2D eigenvalue weighted by Crippen LogP contribution is -2.36. The molecule has 1 aromatic carbocycles. The van der Waals surface area contributed by atoms with E-state index in [0.29, 0.717) is 12.5 Å². The van der Waals surface area contributed by atoms with E-state index in [0.717, 1.165) is 25.4 Å². The third kappa shape index (κ3) is 5.29. The first-order valence-electron chi connectivity index (χ1n) is 8.70. The van der Waals surface area contributed by atoms with Crippen molar-refractivity contribution in [3.05, 3.63) is 29.3 Å². The number of β-amino-alcohol motifs (C(OH)–C–C–N with tert-alkyl or cyclic N) is 1. The largest absolute Gasteiger partial charge is 0.491 e. The second kappa shape index (κ2) is 8.54. The van der Waals surface area contributed by atoms with Crippen LogP contribution in [0.3, 0.4) is 0 Å². The molecule has 0 amide bonds. The van der Waals surface area contributed by atoms with Crippen LogP contribution in [0, 0.1) is 6.92 Å². The molecule has 1 atom stereocenters. The molecule has 1 aromatic rings. The molecule has 0 aromatic heterocycles. The summed E-state index contributed by atoms with van der Waals surface area (Å²) in [4.78, 5) is 2.38. The summed E-state index contributed by atoms with van der Waals surface area (Å²) in [6.45, 7) is 9.74. The third-order valence-electron chi connectivity index (χ3n) is 4.39. The fourth-order valence-corrected chi connectivity index (χ4v) is 3.10. The summed E-state index contributed by atoms with van der Waals surface area (Å²) in [7, 11) is 0. The highest BCUT2D eigenvalue weighted by Gasteiger charge is 2.15. The lowest BCUT2D eigenvalue weighted by atomic mass is 10.0. The molecule has 1 saturated heterocycles. The van der Waals surface area contributed by atoms with Gasteiger partial charge in [0.05, 0.1) is 0 Å². The van der Waals surface area contributed by atoms with Gasteiger partial charge in [-0.05, 0) is 56.0 Å². The summed E-state index contributed by atoms with van der Waals surface area (Å²) in [5.41, 5.74) is 2.41. The Bertz CT molecular complexity index is 451. The molecule has 0 spiro atoms. The van der Waals surface area contributed by atoms with Crippen LogP contribution in [0.5, 0.6) is 5.75 Å². The second-order valence-corrected chi connectivity index (χ2v) is 6.88. The number of hydrogen-bond acceptors (Lipinski definition) is 3. The minimum Gasteiger partial charge on any atom is -0.491 e. The van der Waals surface area contributed by atoms with E-state index in [1.807, 2.05) is 0 Å². The van der Waals surface area contributed by atoms with Crippen molar-refractivity contribution in [2.75, 3.05) is 26.2 Å². The molecule has 1 unspecified atom stereocenters. The predicted molar refractivity (Wildman–Crippen MR) is 91.7 cm³/mol. The molecule has 124 valence electrons. The van der Waals surface area contributed by atoms with Gasteiger partial charge in [-0.15, -0.1) is 0 Å². The molecule has 0 bridgehead atoms. The summed E-state index contributed by atoms with van der Waals surface area (Å²) in [5, 5.41) is 10.3. The lowest BCUT2D eigenvalue weighted by Gasteiger charge is -2.24. The van der Waals surface area contributed by atoms with Crippen LogP contribution >= 0.6 is 0 Å². The van der Waals surface area contributed by atoms with Gasteiger partial charge in [0.15, 0.2) is 0 Å². The standard InChI is InChI=1S/C19H31NO2/c1-15(2)18-9-8-16(3)12-19(18)22-14-17(21)13-20-10-6-4-5-7-11-20/h8-9,12,15,17,21H,4-7,10-11,13-14H2,1-3H3. The predicted octanol–water partition coefficient (Wildman–Crippen LogP) is 3.73. The second-order valence-electron chi connectivity index (χ2n) is 6.88. The minimum atomic E-state index is -0.418. The maximum Gasteiger partial charge on any atom is 0.123 e. The maximum absolute atomic E-state index is 10.3. The van der Waals surface area contributed by atoms with Crippen LogP contribution in [0.1, 0.15) is 56.6 Å². The van der Waals surface area contributed by atoms with Crippen LogP contribution in [-0.4, -0.2) is 42.4 Å². The van der Waals surface area contributed by atoms with Gasteiger partial charge in [0.2, 0.25) is 0 Å². The molecule has 3 heteroatoms.